The average molecular weight is 290 g/mol. The summed E-state index contributed by atoms with van der Waals surface area (Å²) in [6, 6.07) is 11.9. The lowest BCUT2D eigenvalue weighted by atomic mass is 9.94. The van der Waals surface area contributed by atoms with Gasteiger partial charge in [0, 0.05) is 45.4 Å². The molecule has 118 valence electrons. The van der Waals surface area contributed by atoms with Crippen molar-refractivity contribution >= 4 is 0 Å². The molecule has 1 aromatic rings. The number of hydrogen-bond acceptors (Lipinski definition) is 3. The molecule has 0 amide bonds. The van der Waals surface area contributed by atoms with Crippen LogP contribution < -0.4 is 5.32 Å². The van der Waals surface area contributed by atoms with E-state index in [4.69, 9.17) is 4.74 Å². The van der Waals surface area contributed by atoms with E-state index in [-0.39, 0.29) is 0 Å². The Balaban J connectivity index is 2.04. The van der Waals surface area contributed by atoms with Gasteiger partial charge in [0.2, 0.25) is 0 Å². The van der Waals surface area contributed by atoms with E-state index in [1.54, 1.807) is 7.11 Å². The van der Waals surface area contributed by atoms with Crippen molar-refractivity contribution in [2.24, 2.45) is 11.8 Å². The molecule has 1 heterocycles. The van der Waals surface area contributed by atoms with Crippen LogP contribution in [-0.4, -0.2) is 44.3 Å². The van der Waals surface area contributed by atoms with Gasteiger partial charge in [-0.15, -0.1) is 0 Å². The van der Waals surface area contributed by atoms with Crippen LogP contribution in [-0.2, 0) is 4.74 Å². The van der Waals surface area contributed by atoms with E-state index >= 15 is 0 Å². The summed E-state index contributed by atoms with van der Waals surface area (Å²) >= 11 is 0. The first kappa shape index (κ1) is 16.5. The normalized spacial score (nSPS) is 25.2. The second-order valence-electron chi connectivity index (χ2n) is 6.70. The molecule has 1 N–H and O–H groups in total. The first-order valence-corrected chi connectivity index (χ1v) is 8.13. The SMILES string of the molecule is COCC(C)CN1CC(c2ccccc2)NCC1C(C)C. The highest BCUT2D eigenvalue weighted by Gasteiger charge is 2.31. The van der Waals surface area contributed by atoms with Gasteiger partial charge in [-0.1, -0.05) is 51.1 Å². The molecule has 1 aliphatic rings. The van der Waals surface area contributed by atoms with Gasteiger partial charge < -0.3 is 10.1 Å². The van der Waals surface area contributed by atoms with Crippen LogP contribution in [0.5, 0.6) is 0 Å². The van der Waals surface area contributed by atoms with Crippen LogP contribution in [0.3, 0.4) is 0 Å². The third kappa shape index (κ3) is 4.53. The lowest BCUT2D eigenvalue weighted by Gasteiger charge is -2.43. The summed E-state index contributed by atoms with van der Waals surface area (Å²) in [5.41, 5.74) is 1.39. The van der Waals surface area contributed by atoms with E-state index in [0.717, 1.165) is 26.2 Å². The zero-order valence-corrected chi connectivity index (χ0v) is 13.9. The van der Waals surface area contributed by atoms with Crippen molar-refractivity contribution in [1.82, 2.24) is 10.2 Å². The maximum atomic E-state index is 5.31. The van der Waals surface area contributed by atoms with Gasteiger partial charge in [0.1, 0.15) is 0 Å². The van der Waals surface area contributed by atoms with E-state index in [1.165, 1.54) is 5.56 Å². The lowest BCUT2D eigenvalue weighted by molar-refractivity contribution is 0.0620. The first-order valence-electron chi connectivity index (χ1n) is 8.13. The summed E-state index contributed by atoms with van der Waals surface area (Å²) < 4.78 is 5.31. The maximum absolute atomic E-state index is 5.31. The molecule has 3 atom stereocenters. The molecule has 0 saturated carbocycles. The standard InChI is InChI=1S/C18H30N2O/c1-14(2)18-10-19-17(16-8-6-5-7-9-16)12-20(18)11-15(3)13-21-4/h5-9,14-15,17-19H,10-13H2,1-4H3. The zero-order valence-electron chi connectivity index (χ0n) is 13.9. The lowest BCUT2D eigenvalue weighted by Crippen LogP contribution is -2.55. The molecule has 3 unspecified atom stereocenters. The quantitative estimate of drug-likeness (QED) is 0.872. The molecule has 0 aliphatic carbocycles. The van der Waals surface area contributed by atoms with Crippen LogP contribution in [0.1, 0.15) is 32.4 Å². The topological polar surface area (TPSA) is 24.5 Å². The number of rotatable bonds is 6. The molecule has 0 spiro atoms. The van der Waals surface area contributed by atoms with Crippen molar-refractivity contribution in [3.05, 3.63) is 35.9 Å². The van der Waals surface area contributed by atoms with Gasteiger partial charge in [0.05, 0.1) is 0 Å². The summed E-state index contributed by atoms with van der Waals surface area (Å²) in [4.78, 5) is 2.66. The van der Waals surface area contributed by atoms with E-state index in [2.05, 4.69) is 61.3 Å². The van der Waals surface area contributed by atoms with Crippen molar-refractivity contribution in [2.75, 3.05) is 33.4 Å². The third-order valence-corrected chi connectivity index (χ3v) is 4.43. The van der Waals surface area contributed by atoms with Gasteiger partial charge in [-0.25, -0.2) is 0 Å². The van der Waals surface area contributed by atoms with Crippen molar-refractivity contribution in [1.29, 1.82) is 0 Å². The van der Waals surface area contributed by atoms with E-state index in [1.807, 2.05) is 0 Å². The van der Waals surface area contributed by atoms with E-state index in [9.17, 15) is 0 Å². The number of methoxy groups -OCH3 is 1. The average Bonchev–Trinajstić information content (AvgIpc) is 2.48. The van der Waals surface area contributed by atoms with Crippen molar-refractivity contribution < 1.29 is 4.74 Å². The van der Waals surface area contributed by atoms with Gasteiger partial charge in [-0.3, -0.25) is 4.90 Å². The molecule has 2 rings (SSSR count). The van der Waals surface area contributed by atoms with Crippen LogP contribution >= 0.6 is 0 Å². The number of benzene rings is 1. The largest absolute Gasteiger partial charge is 0.384 e. The van der Waals surface area contributed by atoms with Gasteiger partial charge in [0.15, 0.2) is 0 Å². The molecule has 0 radical (unpaired) electrons. The fourth-order valence-corrected chi connectivity index (χ4v) is 3.34. The monoisotopic (exact) mass is 290 g/mol. The molecule has 1 saturated heterocycles. The fraction of sp³-hybridized carbons (Fsp3) is 0.667. The number of nitrogens with one attached hydrogen (secondary N) is 1. The second kappa shape index (κ2) is 7.92. The van der Waals surface area contributed by atoms with Crippen LogP contribution in [0.4, 0.5) is 0 Å². The predicted molar refractivity (Wildman–Crippen MR) is 88.4 cm³/mol. The smallest absolute Gasteiger partial charge is 0.0500 e. The van der Waals surface area contributed by atoms with Gasteiger partial charge in [0.25, 0.3) is 0 Å². The fourth-order valence-electron chi connectivity index (χ4n) is 3.34. The van der Waals surface area contributed by atoms with Crippen LogP contribution in [0, 0.1) is 11.8 Å². The highest BCUT2D eigenvalue weighted by atomic mass is 16.5. The summed E-state index contributed by atoms with van der Waals surface area (Å²) in [5, 5.41) is 3.73. The van der Waals surface area contributed by atoms with E-state index in [0.29, 0.717) is 23.9 Å². The summed E-state index contributed by atoms with van der Waals surface area (Å²) in [6.45, 7) is 11.0. The Kier molecular flexibility index (Phi) is 6.22. The molecule has 21 heavy (non-hydrogen) atoms. The molecule has 1 aromatic carbocycles. The second-order valence-corrected chi connectivity index (χ2v) is 6.70. The number of nitrogens with zero attached hydrogens (tertiary/aromatic N) is 1. The van der Waals surface area contributed by atoms with Gasteiger partial charge >= 0.3 is 0 Å². The summed E-state index contributed by atoms with van der Waals surface area (Å²) in [6.07, 6.45) is 0. The van der Waals surface area contributed by atoms with Gasteiger partial charge in [-0.05, 0) is 17.4 Å². The Morgan fingerprint density at radius 2 is 1.95 bits per heavy atom. The highest BCUT2D eigenvalue weighted by molar-refractivity contribution is 5.20. The highest BCUT2D eigenvalue weighted by Crippen LogP contribution is 2.24. The molecular formula is C18H30N2O. The molecular weight excluding hydrogens is 260 g/mol. The zero-order chi connectivity index (χ0) is 15.2. The van der Waals surface area contributed by atoms with E-state index < -0.39 is 0 Å². The molecule has 3 nitrogen and oxygen atoms in total. The molecule has 1 fully saturated rings. The summed E-state index contributed by atoms with van der Waals surface area (Å²) in [7, 11) is 1.79. The van der Waals surface area contributed by atoms with Crippen molar-refractivity contribution in [2.45, 2.75) is 32.9 Å². The van der Waals surface area contributed by atoms with Crippen LogP contribution in [0.25, 0.3) is 0 Å². The molecule has 0 aromatic heterocycles. The maximum Gasteiger partial charge on any atom is 0.0500 e. The Morgan fingerprint density at radius 1 is 1.24 bits per heavy atom. The minimum atomic E-state index is 0.441. The molecule has 1 aliphatic heterocycles. The Hall–Kier alpha value is -0.900. The number of piperazine rings is 1. The Labute approximate surface area is 129 Å². The predicted octanol–water partition coefficient (Wildman–Crippen LogP) is 2.94. The Morgan fingerprint density at radius 3 is 2.57 bits per heavy atom. The minimum absolute atomic E-state index is 0.441. The molecule has 3 heteroatoms. The molecule has 0 bridgehead atoms. The van der Waals surface area contributed by atoms with Gasteiger partial charge in [-0.2, -0.15) is 0 Å². The van der Waals surface area contributed by atoms with Crippen LogP contribution in [0.2, 0.25) is 0 Å². The first-order chi connectivity index (χ1) is 10.1. The van der Waals surface area contributed by atoms with Crippen molar-refractivity contribution in [3.63, 3.8) is 0 Å². The van der Waals surface area contributed by atoms with Crippen LogP contribution in [0.15, 0.2) is 30.3 Å². The number of ether oxygens (including phenoxy) is 1. The number of hydrogen-bond donors (Lipinski definition) is 1. The van der Waals surface area contributed by atoms with Crippen molar-refractivity contribution in [3.8, 4) is 0 Å². The Bertz CT molecular complexity index is 407. The summed E-state index contributed by atoms with van der Waals surface area (Å²) in [5.74, 6) is 1.25. The third-order valence-electron chi connectivity index (χ3n) is 4.43. The minimum Gasteiger partial charge on any atom is -0.384 e.